The van der Waals surface area contributed by atoms with Gasteiger partial charge in [0.05, 0.1) is 27.4 Å². The first-order valence-electron chi connectivity index (χ1n) is 7.45. The summed E-state index contributed by atoms with van der Waals surface area (Å²) in [4.78, 5) is 0. The highest BCUT2D eigenvalue weighted by Gasteiger charge is 2.17. The average Bonchev–Trinajstić information content (AvgIpc) is 2.59. The lowest BCUT2D eigenvalue weighted by Gasteiger charge is -2.17. The number of aliphatic hydroxyl groups excluding tert-OH is 1. The number of hydrogen-bond acceptors (Lipinski definition) is 4. The first kappa shape index (κ1) is 18.4. The van der Waals surface area contributed by atoms with Gasteiger partial charge in [0.25, 0.3) is 0 Å². The molecule has 0 aliphatic heterocycles. The van der Waals surface area contributed by atoms with E-state index in [9.17, 15) is 5.11 Å². The van der Waals surface area contributed by atoms with Crippen molar-refractivity contribution in [3.05, 3.63) is 52.0 Å². The Morgan fingerprint density at radius 2 is 1.54 bits per heavy atom. The van der Waals surface area contributed by atoms with Gasteiger partial charge in [-0.3, -0.25) is 0 Å². The van der Waals surface area contributed by atoms with Crippen LogP contribution >= 0.6 is 15.9 Å². The van der Waals surface area contributed by atoms with Crippen molar-refractivity contribution >= 4 is 27.6 Å². The lowest BCUT2D eigenvalue weighted by atomic mass is 9.97. The molecule has 2 aromatic rings. The standard InChI is InChI=1S/C19H21BrO4/c1-12(21)16(9-13-5-7-15(20)8-6-13)14-10-17(22-2)19(24-4)18(11-14)23-3/h5-12,21H,1-4H3/b16-9+. The third-order valence-corrected chi connectivity index (χ3v) is 4.17. The van der Waals surface area contributed by atoms with Crippen LogP contribution in [0.4, 0.5) is 0 Å². The number of ether oxygens (including phenoxy) is 3. The molecule has 0 saturated heterocycles. The molecule has 0 saturated carbocycles. The van der Waals surface area contributed by atoms with Crippen molar-refractivity contribution in [3.63, 3.8) is 0 Å². The Balaban J connectivity index is 2.57. The Morgan fingerprint density at radius 1 is 1.00 bits per heavy atom. The van der Waals surface area contributed by atoms with E-state index in [0.29, 0.717) is 17.2 Å². The molecule has 0 aliphatic rings. The van der Waals surface area contributed by atoms with Crippen LogP contribution in [0.5, 0.6) is 17.2 Å². The van der Waals surface area contributed by atoms with E-state index >= 15 is 0 Å². The highest BCUT2D eigenvalue weighted by atomic mass is 79.9. The van der Waals surface area contributed by atoms with E-state index in [1.165, 1.54) is 0 Å². The van der Waals surface area contributed by atoms with Gasteiger partial charge in [-0.2, -0.15) is 0 Å². The van der Waals surface area contributed by atoms with E-state index in [1.54, 1.807) is 28.3 Å². The Morgan fingerprint density at radius 3 is 1.96 bits per heavy atom. The third kappa shape index (κ3) is 4.10. The zero-order valence-electron chi connectivity index (χ0n) is 14.2. The molecule has 1 unspecified atom stereocenters. The fourth-order valence-electron chi connectivity index (χ4n) is 2.43. The second-order valence-corrected chi connectivity index (χ2v) is 6.16. The van der Waals surface area contributed by atoms with Crippen LogP contribution in [0.15, 0.2) is 40.9 Å². The molecule has 0 fully saturated rings. The van der Waals surface area contributed by atoms with E-state index < -0.39 is 6.10 Å². The number of rotatable bonds is 6. The van der Waals surface area contributed by atoms with Gasteiger partial charge in [0.15, 0.2) is 11.5 Å². The van der Waals surface area contributed by atoms with Crippen LogP contribution in [0.2, 0.25) is 0 Å². The van der Waals surface area contributed by atoms with E-state index in [2.05, 4.69) is 15.9 Å². The van der Waals surface area contributed by atoms with Gasteiger partial charge in [0, 0.05) is 4.47 Å². The van der Waals surface area contributed by atoms with Gasteiger partial charge < -0.3 is 19.3 Å². The van der Waals surface area contributed by atoms with E-state index in [1.807, 2.05) is 42.5 Å². The first-order valence-corrected chi connectivity index (χ1v) is 8.25. The lowest BCUT2D eigenvalue weighted by molar-refractivity contribution is 0.254. The molecule has 0 aromatic heterocycles. The van der Waals surface area contributed by atoms with Gasteiger partial charge in [-0.1, -0.05) is 28.1 Å². The van der Waals surface area contributed by atoms with Crippen LogP contribution in [0.3, 0.4) is 0 Å². The molecular weight excluding hydrogens is 372 g/mol. The zero-order valence-corrected chi connectivity index (χ0v) is 15.8. The predicted molar refractivity (Wildman–Crippen MR) is 99.8 cm³/mol. The second-order valence-electron chi connectivity index (χ2n) is 5.24. The quantitative estimate of drug-likeness (QED) is 0.740. The highest BCUT2D eigenvalue weighted by molar-refractivity contribution is 9.10. The average molecular weight is 393 g/mol. The van der Waals surface area contributed by atoms with Crippen molar-refractivity contribution in [1.82, 2.24) is 0 Å². The molecule has 0 aliphatic carbocycles. The lowest BCUT2D eigenvalue weighted by Crippen LogP contribution is -2.05. The van der Waals surface area contributed by atoms with Crippen LogP contribution in [0, 0.1) is 0 Å². The maximum atomic E-state index is 10.2. The maximum Gasteiger partial charge on any atom is 0.203 e. The van der Waals surface area contributed by atoms with Gasteiger partial charge >= 0.3 is 0 Å². The molecule has 24 heavy (non-hydrogen) atoms. The summed E-state index contributed by atoms with van der Waals surface area (Å²) in [5, 5.41) is 10.2. The van der Waals surface area contributed by atoms with E-state index in [0.717, 1.165) is 21.2 Å². The fraction of sp³-hybridized carbons (Fsp3) is 0.263. The van der Waals surface area contributed by atoms with E-state index in [4.69, 9.17) is 14.2 Å². The molecule has 0 bridgehead atoms. The molecule has 5 heteroatoms. The van der Waals surface area contributed by atoms with Gasteiger partial charge in [-0.15, -0.1) is 0 Å². The van der Waals surface area contributed by atoms with Crippen LogP contribution in [-0.2, 0) is 0 Å². The molecule has 0 heterocycles. The van der Waals surface area contributed by atoms with Crippen molar-refractivity contribution in [2.24, 2.45) is 0 Å². The predicted octanol–water partition coefficient (Wildman–Crippen LogP) is 4.40. The van der Waals surface area contributed by atoms with Crippen molar-refractivity contribution in [2.45, 2.75) is 13.0 Å². The first-order chi connectivity index (χ1) is 11.5. The number of benzene rings is 2. The molecule has 1 atom stereocenters. The maximum absolute atomic E-state index is 10.2. The fourth-order valence-corrected chi connectivity index (χ4v) is 2.70. The topological polar surface area (TPSA) is 47.9 Å². The molecule has 4 nitrogen and oxygen atoms in total. The SMILES string of the molecule is COc1cc(/C(=C/c2ccc(Br)cc2)C(C)O)cc(OC)c1OC. The molecule has 0 amide bonds. The van der Waals surface area contributed by atoms with Gasteiger partial charge in [0.1, 0.15) is 0 Å². The normalized spacial score (nSPS) is 12.7. The number of halogens is 1. The van der Waals surface area contributed by atoms with Crippen LogP contribution in [-0.4, -0.2) is 32.5 Å². The van der Waals surface area contributed by atoms with Crippen LogP contribution in [0.1, 0.15) is 18.1 Å². The molecule has 1 N–H and O–H groups in total. The molecule has 128 valence electrons. The monoisotopic (exact) mass is 392 g/mol. The highest BCUT2D eigenvalue weighted by Crippen LogP contribution is 2.40. The summed E-state index contributed by atoms with van der Waals surface area (Å²) in [5.41, 5.74) is 2.56. The largest absolute Gasteiger partial charge is 0.493 e. The number of hydrogen-bond donors (Lipinski definition) is 1. The van der Waals surface area contributed by atoms with Gasteiger partial charge in [0.2, 0.25) is 5.75 Å². The molecule has 0 radical (unpaired) electrons. The van der Waals surface area contributed by atoms with Gasteiger partial charge in [-0.05, 0) is 54.0 Å². The van der Waals surface area contributed by atoms with Crippen molar-refractivity contribution < 1.29 is 19.3 Å². The Bertz CT molecular complexity index is 696. The Kier molecular flexibility index (Phi) is 6.29. The van der Waals surface area contributed by atoms with Gasteiger partial charge in [-0.25, -0.2) is 0 Å². The smallest absolute Gasteiger partial charge is 0.203 e. The van der Waals surface area contributed by atoms with E-state index in [-0.39, 0.29) is 0 Å². The molecule has 2 rings (SSSR count). The summed E-state index contributed by atoms with van der Waals surface area (Å²) in [6.07, 6.45) is 1.29. The molecule has 2 aromatic carbocycles. The van der Waals surface area contributed by atoms with Crippen molar-refractivity contribution in [1.29, 1.82) is 0 Å². The Labute approximate surface area is 150 Å². The van der Waals surface area contributed by atoms with Crippen LogP contribution in [0.25, 0.3) is 11.6 Å². The summed E-state index contributed by atoms with van der Waals surface area (Å²) >= 11 is 3.42. The van der Waals surface area contributed by atoms with Crippen LogP contribution < -0.4 is 14.2 Å². The third-order valence-electron chi connectivity index (χ3n) is 3.64. The number of methoxy groups -OCH3 is 3. The minimum atomic E-state index is -0.656. The summed E-state index contributed by atoms with van der Waals surface area (Å²) in [7, 11) is 4.70. The van der Waals surface area contributed by atoms with Crippen molar-refractivity contribution in [2.75, 3.05) is 21.3 Å². The minimum absolute atomic E-state index is 0.525. The minimum Gasteiger partial charge on any atom is -0.493 e. The van der Waals surface area contributed by atoms with Crippen molar-refractivity contribution in [3.8, 4) is 17.2 Å². The summed E-state index contributed by atoms with van der Waals surface area (Å²) in [5.74, 6) is 1.63. The summed E-state index contributed by atoms with van der Waals surface area (Å²) < 4.78 is 17.1. The Hall–Kier alpha value is -1.98. The summed E-state index contributed by atoms with van der Waals surface area (Å²) in [6.45, 7) is 1.73. The number of aliphatic hydroxyl groups is 1. The second kappa shape index (κ2) is 8.22. The molecular formula is C19H21BrO4. The zero-order chi connectivity index (χ0) is 17.7. The molecule has 0 spiro atoms. The summed E-state index contributed by atoms with van der Waals surface area (Å²) in [6, 6.07) is 11.5.